The summed E-state index contributed by atoms with van der Waals surface area (Å²) in [4.78, 5) is 37.9. The van der Waals surface area contributed by atoms with Crippen molar-refractivity contribution < 1.29 is 9.18 Å². The van der Waals surface area contributed by atoms with Crippen molar-refractivity contribution in [3.8, 4) is 11.3 Å². The number of aromatic amines is 1. The molecular formula is C29H28FN9O. The summed E-state index contributed by atoms with van der Waals surface area (Å²) in [7, 11) is 0. The average Bonchev–Trinajstić information content (AvgIpc) is 3.37. The predicted octanol–water partition coefficient (Wildman–Crippen LogP) is 4.66. The Bertz CT molecular complexity index is 1650. The number of anilines is 2. The highest BCUT2D eigenvalue weighted by molar-refractivity contribution is 6.15. The molecule has 202 valence electrons. The largest absolute Gasteiger partial charge is 0.379 e. The monoisotopic (exact) mass is 537 g/mol. The Kier molecular flexibility index (Phi) is 6.33. The molecule has 11 heteroatoms. The molecule has 0 radical (unpaired) electrons. The van der Waals surface area contributed by atoms with Crippen LogP contribution < -0.4 is 16.0 Å². The number of aliphatic imine (C=N–C) groups is 1. The minimum Gasteiger partial charge on any atom is -0.379 e. The van der Waals surface area contributed by atoms with E-state index in [0.717, 1.165) is 17.0 Å². The highest BCUT2D eigenvalue weighted by Gasteiger charge is 2.29. The minimum absolute atomic E-state index is 0.0992. The first-order chi connectivity index (χ1) is 19.3. The van der Waals surface area contributed by atoms with Gasteiger partial charge in [0, 0.05) is 30.6 Å². The van der Waals surface area contributed by atoms with Gasteiger partial charge in [0.25, 0.3) is 0 Å². The second-order valence-electron chi connectivity index (χ2n) is 10.9. The van der Waals surface area contributed by atoms with Crippen molar-refractivity contribution in [3.63, 3.8) is 0 Å². The molecule has 4 N–H and O–H groups in total. The molecule has 40 heavy (non-hydrogen) atoms. The lowest BCUT2D eigenvalue weighted by molar-refractivity contribution is -0.117. The van der Waals surface area contributed by atoms with Gasteiger partial charge in [-0.3, -0.25) is 24.7 Å². The summed E-state index contributed by atoms with van der Waals surface area (Å²) in [5, 5.41) is 9.30. The van der Waals surface area contributed by atoms with Crippen LogP contribution in [0, 0.1) is 11.2 Å². The first kappa shape index (κ1) is 25.4. The van der Waals surface area contributed by atoms with Crippen LogP contribution in [0.25, 0.3) is 17.3 Å². The molecule has 10 nitrogen and oxygen atoms in total. The summed E-state index contributed by atoms with van der Waals surface area (Å²) in [6.45, 7) is 6.22. The van der Waals surface area contributed by atoms with Crippen molar-refractivity contribution in [2.75, 3.05) is 17.3 Å². The van der Waals surface area contributed by atoms with Gasteiger partial charge in [0.05, 0.1) is 46.8 Å². The first-order valence-corrected chi connectivity index (χ1v) is 12.9. The van der Waals surface area contributed by atoms with Crippen LogP contribution in [0.4, 0.5) is 15.8 Å². The van der Waals surface area contributed by atoms with E-state index in [-0.39, 0.29) is 35.3 Å². The molecule has 4 aromatic heterocycles. The Labute approximate surface area is 230 Å². The van der Waals surface area contributed by atoms with Gasteiger partial charge in [0.2, 0.25) is 5.91 Å². The van der Waals surface area contributed by atoms with E-state index in [2.05, 4.69) is 40.9 Å². The standard InChI is InChI=1S/C29H28FN9O/c1-29(2,3)11-21(40)37-18-10-17(12-32-13-18)24-23(30)22-20(14-34-24)35-15-36-27(22)28-38-19-6-9-33-25(26(19)39-28)16-4-7-31-8-5-16/h4-10,12-14,25,33,35H,11,15H2,1-3H3,(H,37,40)(H,38,39). The smallest absolute Gasteiger partial charge is 0.224 e. The highest BCUT2D eigenvalue weighted by Crippen LogP contribution is 2.33. The highest BCUT2D eigenvalue weighted by atomic mass is 19.1. The van der Waals surface area contributed by atoms with Gasteiger partial charge in [-0.1, -0.05) is 20.8 Å². The van der Waals surface area contributed by atoms with E-state index in [1.807, 2.05) is 45.2 Å². The Hall–Kier alpha value is -4.93. The summed E-state index contributed by atoms with van der Waals surface area (Å²) in [6, 6.07) is 5.37. The van der Waals surface area contributed by atoms with Crippen molar-refractivity contribution >= 4 is 29.1 Å². The van der Waals surface area contributed by atoms with Crippen LogP contribution in [0.3, 0.4) is 0 Å². The van der Waals surface area contributed by atoms with Gasteiger partial charge in [-0.15, -0.1) is 0 Å². The third kappa shape index (κ3) is 4.93. The molecule has 1 amide bonds. The van der Waals surface area contributed by atoms with Crippen LogP contribution in [-0.2, 0) is 4.79 Å². The fourth-order valence-corrected chi connectivity index (χ4v) is 4.84. The van der Waals surface area contributed by atoms with E-state index in [1.54, 1.807) is 24.7 Å². The molecule has 0 fully saturated rings. The van der Waals surface area contributed by atoms with Crippen molar-refractivity contribution in [2.24, 2.45) is 10.4 Å². The molecule has 0 saturated carbocycles. The van der Waals surface area contributed by atoms with Gasteiger partial charge >= 0.3 is 0 Å². The van der Waals surface area contributed by atoms with Crippen LogP contribution in [0.2, 0.25) is 0 Å². The van der Waals surface area contributed by atoms with Crippen molar-refractivity contribution in [1.29, 1.82) is 0 Å². The van der Waals surface area contributed by atoms with Crippen LogP contribution >= 0.6 is 0 Å². The van der Waals surface area contributed by atoms with Gasteiger partial charge in [-0.25, -0.2) is 9.37 Å². The van der Waals surface area contributed by atoms with Crippen molar-refractivity contribution in [1.82, 2.24) is 30.2 Å². The summed E-state index contributed by atoms with van der Waals surface area (Å²) in [5.41, 5.74) is 4.63. The number of H-pyrrole nitrogens is 1. The number of imidazole rings is 1. The number of carbonyl (C=O) groups is 1. The molecular weight excluding hydrogens is 509 g/mol. The zero-order valence-corrected chi connectivity index (χ0v) is 22.3. The Morgan fingerprint density at radius 3 is 2.77 bits per heavy atom. The average molecular weight is 538 g/mol. The lowest BCUT2D eigenvalue weighted by Crippen LogP contribution is -2.22. The number of nitrogens with zero attached hydrogens (tertiary/aromatic N) is 5. The number of hydrogen-bond donors (Lipinski definition) is 4. The third-order valence-electron chi connectivity index (χ3n) is 6.57. The maximum absolute atomic E-state index is 16.2. The molecule has 6 heterocycles. The number of rotatable bonds is 5. The van der Waals surface area contributed by atoms with Crippen LogP contribution in [0.5, 0.6) is 0 Å². The van der Waals surface area contributed by atoms with Crippen LogP contribution in [-0.4, -0.2) is 43.2 Å². The second kappa shape index (κ2) is 9.99. The maximum Gasteiger partial charge on any atom is 0.224 e. The van der Waals surface area contributed by atoms with Crippen LogP contribution in [0.15, 0.2) is 60.4 Å². The van der Waals surface area contributed by atoms with E-state index in [9.17, 15) is 4.79 Å². The van der Waals surface area contributed by atoms with Crippen LogP contribution in [0.1, 0.15) is 61.6 Å². The molecule has 0 aromatic carbocycles. The number of aromatic nitrogens is 5. The van der Waals surface area contributed by atoms with Crippen molar-refractivity contribution in [3.05, 3.63) is 89.5 Å². The van der Waals surface area contributed by atoms with Crippen molar-refractivity contribution in [2.45, 2.75) is 33.2 Å². The quantitative estimate of drug-likeness (QED) is 0.291. The predicted molar refractivity (Wildman–Crippen MR) is 151 cm³/mol. The number of hydrogen-bond acceptors (Lipinski definition) is 8. The van der Waals surface area contributed by atoms with E-state index in [1.165, 1.54) is 12.4 Å². The molecule has 1 atom stereocenters. The number of pyridine rings is 3. The Morgan fingerprint density at radius 1 is 1.15 bits per heavy atom. The fraction of sp³-hybridized carbons (Fsp3) is 0.241. The van der Waals surface area contributed by atoms with Gasteiger partial charge in [-0.2, -0.15) is 0 Å². The number of nitrogens with one attached hydrogen (secondary N) is 4. The first-order valence-electron chi connectivity index (χ1n) is 12.9. The van der Waals surface area contributed by atoms with E-state index in [4.69, 9.17) is 4.98 Å². The molecule has 2 aliphatic rings. The molecule has 2 aliphatic heterocycles. The number of halogens is 1. The van der Waals surface area contributed by atoms with E-state index >= 15 is 4.39 Å². The zero-order valence-electron chi connectivity index (χ0n) is 22.3. The molecule has 6 rings (SSSR count). The van der Waals surface area contributed by atoms with Gasteiger partial charge < -0.3 is 20.9 Å². The maximum atomic E-state index is 16.2. The molecule has 0 spiro atoms. The Morgan fingerprint density at radius 2 is 1.98 bits per heavy atom. The fourth-order valence-electron chi connectivity index (χ4n) is 4.84. The molecule has 1 unspecified atom stereocenters. The number of carbonyl (C=O) groups excluding carboxylic acids is 1. The summed E-state index contributed by atoms with van der Waals surface area (Å²) >= 11 is 0. The molecule has 0 aliphatic carbocycles. The lowest BCUT2D eigenvalue weighted by atomic mass is 9.92. The van der Waals surface area contributed by atoms with Gasteiger partial charge in [0.15, 0.2) is 11.6 Å². The molecule has 0 bridgehead atoms. The number of amides is 1. The minimum atomic E-state index is -0.558. The normalized spacial score (nSPS) is 15.8. The van der Waals surface area contributed by atoms with Gasteiger partial charge in [0.1, 0.15) is 18.1 Å². The lowest BCUT2D eigenvalue weighted by Gasteiger charge is -2.20. The van der Waals surface area contributed by atoms with E-state index in [0.29, 0.717) is 34.9 Å². The number of fused-ring (bicyclic) bond motifs is 2. The topological polar surface area (TPSA) is 133 Å². The molecule has 4 aromatic rings. The SMILES string of the molecule is CC(C)(C)CC(=O)Nc1cncc(-c2ncc3c(c2F)C(c2nc4c([nH]2)C(c2ccncc2)NC=C4)=NCN3)c1. The van der Waals surface area contributed by atoms with E-state index < -0.39 is 5.82 Å². The zero-order chi connectivity index (χ0) is 27.9. The third-order valence-corrected chi connectivity index (χ3v) is 6.57. The summed E-state index contributed by atoms with van der Waals surface area (Å²) < 4.78 is 16.2. The molecule has 0 saturated heterocycles. The Balaban J connectivity index is 1.35. The van der Waals surface area contributed by atoms with Gasteiger partial charge in [-0.05, 0) is 41.5 Å². The summed E-state index contributed by atoms with van der Waals surface area (Å²) in [5.74, 6) is -0.242. The second-order valence-corrected chi connectivity index (χ2v) is 10.9. The summed E-state index contributed by atoms with van der Waals surface area (Å²) in [6.07, 6.45) is 12.2.